The summed E-state index contributed by atoms with van der Waals surface area (Å²) in [5.41, 5.74) is 1.19. The van der Waals surface area contributed by atoms with Gasteiger partial charge in [-0.25, -0.2) is 0 Å². The minimum absolute atomic E-state index is 0.0982. The number of nitrogens with zero attached hydrogens (tertiary/aromatic N) is 4. The van der Waals surface area contributed by atoms with Crippen LogP contribution in [0.3, 0.4) is 0 Å². The van der Waals surface area contributed by atoms with E-state index in [1.165, 1.54) is 5.56 Å². The highest BCUT2D eigenvalue weighted by Crippen LogP contribution is 2.26. The fraction of sp³-hybridized carbons (Fsp3) is 0.444. The van der Waals surface area contributed by atoms with Crippen molar-refractivity contribution < 1.29 is 4.79 Å². The van der Waals surface area contributed by atoms with Gasteiger partial charge >= 0.3 is 0 Å². The van der Waals surface area contributed by atoms with E-state index in [9.17, 15) is 4.79 Å². The number of rotatable bonds is 4. The van der Waals surface area contributed by atoms with Gasteiger partial charge in [0.2, 0.25) is 5.91 Å². The third-order valence-corrected chi connectivity index (χ3v) is 4.73. The summed E-state index contributed by atoms with van der Waals surface area (Å²) < 4.78 is 1.73. The van der Waals surface area contributed by atoms with E-state index in [0.29, 0.717) is 11.6 Å². The third kappa shape index (κ3) is 3.79. The lowest BCUT2D eigenvalue weighted by atomic mass is 10.00. The molecule has 1 aliphatic heterocycles. The van der Waals surface area contributed by atoms with Crippen LogP contribution < -0.4 is 0 Å². The van der Waals surface area contributed by atoms with E-state index < -0.39 is 0 Å². The number of carbonyl (C=O) groups is 1. The van der Waals surface area contributed by atoms with Crippen LogP contribution in [0, 0.1) is 5.92 Å². The molecule has 0 radical (unpaired) electrons. The zero-order chi connectivity index (χ0) is 17.1. The van der Waals surface area contributed by atoms with Crippen molar-refractivity contribution in [2.75, 3.05) is 26.7 Å². The van der Waals surface area contributed by atoms with Gasteiger partial charge < -0.3 is 9.80 Å². The maximum atomic E-state index is 13.0. The molecular formula is C18H23ClN4O. The minimum atomic E-state index is -0.143. The van der Waals surface area contributed by atoms with Crippen LogP contribution in [0.15, 0.2) is 42.7 Å². The Kier molecular flexibility index (Phi) is 5.21. The molecule has 0 bridgehead atoms. The first-order valence-electron chi connectivity index (χ1n) is 8.26. The third-order valence-electron chi connectivity index (χ3n) is 4.54. The van der Waals surface area contributed by atoms with Gasteiger partial charge in [0.25, 0.3) is 0 Å². The molecule has 3 rings (SSSR count). The molecule has 2 heterocycles. The van der Waals surface area contributed by atoms with Crippen molar-refractivity contribution in [3.05, 3.63) is 53.3 Å². The summed E-state index contributed by atoms with van der Waals surface area (Å²) in [5, 5.41) is 4.77. The molecule has 5 nitrogen and oxygen atoms in total. The van der Waals surface area contributed by atoms with Crippen LogP contribution in [0.1, 0.15) is 18.5 Å². The number of likely N-dealkylation sites (N-methyl/N-ethyl adjacent to an activating group) is 1. The predicted molar refractivity (Wildman–Crippen MR) is 94.8 cm³/mol. The van der Waals surface area contributed by atoms with Gasteiger partial charge in [-0.1, -0.05) is 48.9 Å². The first kappa shape index (κ1) is 17.0. The minimum Gasteiger partial charge on any atom is -0.333 e. The Labute approximate surface area is 147 Å². The second-order valence-corrected chi connectivity index (χ2v) is 6.94. The highest BCUT2D eigenvalue weighted by molar-refractivity contribution is 6.30. The van der Waals surface area contributed by atoms with Gasteiger partial charge in [-0.2, -0.15) is 5.10 Å². The van der Waals surface area contributed by atoms with Crippen LogP contribution in [-0.4, -0.2) is 52.2 Å². The Hall–Kier alpha value is -1.85. The summed E-state index contributed by atoms with van der Waals surface area (Å²) in [6, 6.07) is 10.4. The maximum Gasteiger partial charge on any atom is 0.227 e. The molecule has 2 aromatic rings. The van der Waals surface area contributed by atoms with Crippen molar-refractivity contribution in [2.24, 2.45) is 5.92 Å². The monoisotopic (exact) mass is 346 g/mol. The van der Waals surface area contributed by atoms with Gasteiger partial charge in [0.1, 0.15) is 0 Å². The largest absolute Gasteiger partial charge is 0.333 e. The molecule has 6 heteroatoms. The molecule has 24 heavy (non-hydrogen) atoms. The van der Waals surface area contributed by atoms with E-state index in [1.807, 2.05) is 30.0 Å². The molecule has 2 atom stereocenters. The van der Waals surface area contributed by atoms with Crippen molar-refractivity contribution in [1.82, 2.24) is 19.6 Å². The quantitative estimate of drug-likeness (QED) is 0.854. The maximum absolute atomic E-state index is 13.0. The van der Waals surface area contributed by atoms with E-state index in [0.717, 1.165) is 19.6 Å². The Balaban J connectivity index is 1.75. The number of aromatic nitrogens is 2. The molecule has 0 N–H and O–H groups in total. The molecule has 0 saturated carbocycles. The predicted octanol–water partition coefficient (Wildman–Crippen LogP) is 2.69. The highest BCUT2D eigenvalue weighted by atomic mass is 35.5. The molecule has 1 fully saturated rings. The van der Waals surface area contributed by atoms with Crippen LogP contribution in [0.25, 0.3) is 0 Å². The summed E-state index contributed by atoms with van der Waals surface area (Å²) in [6.45, 7) is 5.00. The van der Waals surface area contributed by atoms with E-state index in [2.05, 4.69) is 29.2 Å². The Morgan fingerprint density at radius 1 is 1.33 bits per heavy atom. The van der Waals surface area contributed by atoms with E-state index in [4.69, 9.17) is 11.6 Å². The summed E-state index contributed by atoms with van der Waals surface area (Å²) in [4.78, 5) is 17.3. The van der Waals surface area contributed by atoms with E-state index >= 15 is 0 Å². The molecular weight excluding hydrogens is 324 g/mol. The van der Waals surface area contributed by atoms with Crippen molar-refractivity contribution in [1.29, 1.82) is 0 Å². The van der Waals surface area contributed by atoms with Gasteiger partial charge in [0.15, 0.2) is 0 Å². The van der Waals surface area contributed by atoms with Crippen LogP contribution in [-0.2, 0) is 11.3 Å². The second kappa shape index (κ2) is 7.36. The molecule has 0 spiro atoms. The van der Waals surface area contributed by atoms with Gasteiger partial charge in [-0.3, -0.25) is 9.48 Å². The van der Waals surface area contributed by atoms with Gasteiger partial charge in [-0.05, 0) is 12.6 Å². The average Bonchev–Trinajstić information content (AvgIpc) is 3.00. The van der Waals surface area contributed by atoms with E-state index in [-0.39, 0.29) is 17.9 Å². The van der Waals surface area contributed by atoms with Crippen molar-refractivity contribution >= 4 is 17.5 Å². The second-order valence-electron chi connectivity index (χ2n) is 6.50. The van der Waals surface area contributed by atoms with Gasteiger partial charge in [0.05, 0.1) is 29.7 Å². The van der Waals surface area contributed by atoms with Crippen LogP contribution in [0.2, 0.25) is 5.02 Å². The lowest BCUT2D eigenvalue weighted by Gasteiger charge is -2.41. The Morgan fingerprint density at radius 2 is 2.08 bits per heavy atom. The Bertz CT molecular complexity index is 687. The zero-order valence-corrected chi connectivity index (χ0v) is 14.9. The highest BCUT2D eigenvalue weighted by Gasteiger charge is 2.32. The molecule has 1 amide bonds. The zero-order valence-electron chi connectivity index (χ0n) is 14.1. The SMILES string of the molecule is C[C@@H](Cn1cc(Cl)cn1)C(=O)N1CCN(C)C[C@H]1c1ccccc1. The molecule has 1 aromatic heterocycles. The first-order chi connectivity index (χ1) is 11.5. The van der Waals surface area contributed by atoms with Crippen molar-refractivity contribution in [3.63, 3.8) is 0 Å². The molecule has 128 valence electrons. The van der Waals surface area contributed by atoms with Crippen molar-refractivity contribution in [2.45, 2.75) is 19.5 Å². The summed E-state index contributed by atoms with van der Waals surface area (Å²) in [5.74, 6) is 0.0270. The molecule has 0 aliphatic carbocycles. The Morgan fingerprint density at radius 3 is 2.75 bits per heavy atom. The lowest BCUT2D eigenvalue weighted by Crippen LogP contribution is -2.51. The van der Waals surface area contributed by atoms with Gasteiger partial charge in [0, 0.05) is 25.8 Å². The topological polar surface area (TPSA) is 41.4 Å². The molecule has 1 aliphatic rings. The molecule has 0 unspecified atom stereocenters. The normalized spacial score (nSPS) is 20.1. The molecule has 1 saturated heterocycles. The summed E-state index contributed by atoms with van der Waals surface area (Å²) >= 11 is 5.91. The van der Waals surface area contributed by atoms with Crippen molar-refractivity contribution in [3.8, 4) is 0 Å². The van der Waals surface area contributed by atoms with E-state index in [1.54, 1.807) is 17.1 Å². The summed E-state index contributed by atoms with van der Waals surface area (Å²) in [7, 11) is 2.10. The molecule has 1 aromatic carbocycles. The number of piperazine rings is 1. The standard InChI is InChI=1S/C18H23ClN4O/c1-14(11-22-12-16(19)10-20-22)18(24)23-9-8-21(2)13-17(23)15-6-4-3-5-7-15/h3-7,10,12,14,17H,8-9,11,13H2,1-2H3/t14-,17-/m0/s1. The number of amides is 1. The number of halogens is 1. The summed E-state index contributed by atoms with van der Waals surface area (Å²) in [6.07, 6.45) is 3.35. The van der Waals surface area contributed by atoms with Crippen LogP contribution >= 0.6 is 11.6 Å². The smallest absolute Gasteiger partial charge is 0.227 e. The lowest BCUT2D eigenvalue weighted by molar-refractivity contribution is -0.140. The van der Waals surface area contributed by atoms with Gasteiger partial charge in [-0.15, -0.1) is 0 Å². The number of hydrogen-bond acceptors (Lipinski definition) is 3. The van der Waals surface area contributed by atoms with Crippen LogP contribution in [0.4, 0.5) is 0 Å². The number of carbonyl (C=O) groups excluding carboxylic acids is 1. The average molecular weight is 347 g/mol. The fourth-order valence-corrected chi connectivity index (χ4v) is 3.38. The number of hydrogen-bond donors (Lipinski definition) is 0. The number of benzene rings is 1. The first-order valence-corrected chi connectivity index (χ1v) is 8.64. The van der Waals surface area contributed by atoms with Crippen LogP contribution in [0.5, 0.6) is 0 Å². The fourth-order valence-electron chi connectivity index (χ4n) is 3.22.